The van der Waals surface area contributed by atoms with Gasteiger partial charge in [-0.2, -0.15) is 0 Å². The summed E-state index contributed by atoms with van der Waals surface area (Å²) in [6.45, 7) is 5.20. The van der Waals surface area contributed by atoms with Crippen molar-refractivity contribution in [2.45, 2.75) is 6.42 Å². The van der Waals surface area contributed by atoms with Crippen LogP contribution in [0, 0.1) is 0 Å². The summed E-state index contributed by atoms with van der Waals surface area (Å²) in [7, 11) is 0. The highest BCUT2D eigenvalue weighted by atomic mass is 16.5. The third-order valence-corrected chi connectivity index (χ3v) is 5.51. The minimum absolute atomic E-state index is 0.0466. The second-order valence-electron chi connectivity index (χ2n) is 8.01. The predicted octanol–water partition coefficient (Wildman–Crippen LogP) is 4.45. The summed E-state index contributed by atoms with van der Waals surface area (Å²) in [5.74, 6) is -0.0466. The second-order valence-corrected chi connectivity index (χ2v) is 8.01. The van der Waals surface area contributed by atoms with Crippen LogP contribution in [0.25, 0.3) is 12.2 Å². The molecule has 33 heavy (non-hydrogen) atoms. The number of benzene rings is 2. The average molecular weight is 443 g/mol. The molecule has 0 aliphatic carbocycles. The summed E-state index contributed by atoms with van der Waals surface area (Å²) in [6, 6.07) is 19.7. The van der Waals surface area contributed by atoms with Crippen LogP contribution in [-0.4, -0.2) is 55.2 Å². The molecule has 0 radical (unpaired) electrons. The van der Waals surface area contributed by atoms with Crippen LogP contribution in [0.1, 0.15) is 27.9 Å². The molecule has 1 aliphatic heterocycles. The smallest absolute Gasteiger partial charge is 0.251 e. The number of morpholine rings is 1. The van der Waals surface area contributed by atoms with Gasteiger partial charge in [-0.1, -0.05) is 30.4 Å². The number of ether oxygens (including phenoxy) is 1. The highest BCUT2D eigenvalue weighted by Gasteiger charge is 2.10. The molecular weight excluding hydrogens is 412 g/mol. The Morgan fingerprint density at radius 2 is 1.67 bits per heavy atom. The van der Waals surface area contributed by atoms with Gasteiger partial charge in [0.2, 0.25) is 0 Å². The first-order valence-electron chi connectivity index (χ1n) is 11.4. The highest BCUT2D eigenvalue weighted by molar-refractivity contribution is 5.95. The molecular formula is C27H30N4O2. The Morgan fingerprint density at radius 3 is 2.48 bits per heavy atom. The van der Waals surface area contributed by atoms with E-state index in [9.17, 15) is 4.79 Å². The Kier molecular flexibility index (Phi) is 8.22. The fourth-order valence-corrected chi connectivity index (χ4v) is 3.72. The lowest BCUT2D eigenvalue weighted by molar-refractivity contribution is 0.0374. The molecule has 2 N–H and O–H groups in total. The number of aromatic nitrogens is 1. The Bertz CT molecular complexity index is 1060. The van der Waals surface area contributed by atoms with E-state index in [0.717, 1.165) is 61.8 Å². The Balaban J connectivity index is 1.30. The Morgan fingerprint density at radius 1 is 0.939 bits per heavy atom. The summed E-state index contributed by atoms with van der Waals surface area (Å²) in [5, 5.41) is 6.44. The molecule has 1 saturated heterocycles. The first kappa shape index (κ1) is 22.7. The molecule has 4 rings (SSSR count). The summed E-state index contributed by atoms with van der Waals surface area (Å²) < 4.78 is 5.37. The van der Waals surface area contributed by atoms with Gasteiger partial charge in [-0.25, -0.2) is 0 Å². The minimum Gasteiger partial charge on any atom is -0.379 e. The lowest BCUT2D eigenvalue weighted by atomic mass is 10.1. The fourth-order valence-electron chi connectivity index (χ4n) is 3.72. The number of carbonyl (C=O) groups excluding carboxylic acids is 1. The Labute approximate surface area is 195 Å². The van der Waals surface area contributed by atoms with Crippen LogP contribution in [-0.2, 0) is 4.74 Å². The van der Waals surface area contributed by atoms with Crippen molar-refractivity contribution in [1.29, 1.82) is 0 Å². The number of anilines is 2. The van der Waals surface area contributed by atoms with Crippen molar-refractivity contribution in [2.75, 3.05) is 44.7 Å². The number of hydrogen-bond donors (Lipinski definition) is 2. The van der Waals surface area contributed by atoms with E-state index in [4.69, 9.17) is 4.74 Å². The molecule has 3 aromatic rings. The van der Waals surface area contributed by atoms with Crippen LogP contribution in [0.15, 0.2) is 73.1 Å². The quantitative estimate of drug-likeness (QED) is 0.480. The molecule has 0 atom stereocenters. The van der Waals surface area contributed by atoms with E-state index in [2.05, 4.69) is 44.8 Å². The molecule has 2 heterocycles. The standard InChI is InChI=1S/C27H30N4O2/c32-27(29-12-3-15-31-16-18-33-19-17-31)24-5-2-7-26(21-24)30-25-6-1-4-23(20-25)9-8-22-10-13-28-14-11-22/h1-2,4-11,13-14,20-21,30H,3,12,15-19H2,(H,29,32). The zero-order chi connectivity index (χ0) is 22.7. The van der Waals surface area contributed by atoms with Gasteiger partial charge in [0, 0.05) is 49.0 Å². The number of pyridine rings is 1. The molecule has 6 heteroatoms. The number of rotatable bonds is 9. The lowest BCUT2D eigenvalue weighted by Gasteiger charge is -2.26. The molecule has 1 aromatic heterocycles. The maximum absolute atomic E-state index is 12.6. The van der Waals surface area contributed by atoms with Crippen molar-refractivity contribution in [3.05, 3.63) is 89.7 Å². The predicted molar refractivity (Wildman–Crippen MR) is 134 cm³/mol. The zero-order valence-electron chi connectivity index (χ0n) is 18.7. The topological polar surface area (TPSA) is 66.5 Å². The second kappa shape index (κ2) is 11.9. The molecule has 0 unspecified atom stereocenters. The summed E-state index contributed by atoms with van der Waals surface area (Å²) >= 11 is 0. The molecule has 1 aliphatic rings. The summed E-state index contributed by atoms with van der Waals surface area (Å²) in [6.07, 6.45) is 8.63. The minimum atomic E-state index is -0.0466. The maximum Gasteiger partial charge on any atom is 0.251 e. The van der Waals surface area contributed by atoms with E-state index >= 15 is 0 Å². The van der Waals surface area contributed by atoms with Gasteiger partial charge in [0.05, 0.1) is 13.2 Å². The van der Waals surface area contributed by atoms with Crippen LogP contribution in [0.2, 0.25) is 0 Å². The van der Waals surface area contributed by atoms with E-state index in [1.165, 1.54) is 0 Å². The van der Waals surface area contributed by atoms with Gasteiger partial charge >= 0.3 is 0 Å². The molecule has 1 fully saturated rings. The molecule has 6 nitrogen and oxygen atoms in total. The summed E-state index contributed by atoms with van der Waals surface area (Å²) in [4.78, 5) is 19.0. The summed E-state index contributed by atoms with van der Waals surface area (Å²) in [5.41, 5.74) is 4.69. The van der Waals surface area contributed by atoms with Crippen molar-refractivity contribution >= 4 is 29.4 Å². The monoisotopic (exact) mass is 442 g/mol. The average Bonchev–Trinajstić information content (AvgIpc) is 2.87. The van der Waals surface area contributed by atoms with Crippen molar-refractivity contribution in [2.24, 2.45) is 0 Å². The molecule has 0 saturated carbocycles. The van der Waals surface area contributed by atoms with E-state index in [0.29, 0.717) is 12.1 Å². The first-order valence-corrected chi connectivity index (χ1v) is 11.4. The van der Waals surface area contributed by atoms with Crippen LogP contribution >= 0.6 is 0 Å². The van der Waals surface area contributed by atoms with Crippen LogP contribution in [0.3, 0.4) is 0 Å². The third kappa shape index (κ3) is 7.27. The number of nitrogens with one attached hydrogen (secondary N) is 2. The Hall–Kier alpha value is -3.48. The van der Waals surface area contributed by atoms with Gasteiger partial charge < -0.3 is 15.4 Å². The van der Waals surface area contributed by atoms with Gasteiger partial charge in [-0.3, -0.25) is 14.7 Å². The van der Waals surface area contributed by atoms with E-state index < -0.39 is 0 Å². The third-order valence-electron chi connectivity index (χ3n) is 5.51. The highest BCUT2D eigenvalue weighted by Crippen LogP contribution is 2.20. The lowest BCUT2D eigenvalue weighted by Crippen LogP contribution is -2.38. The SMILES string of the molecule is O=C(NCCCN1CCOCC1)c1cccc(Nc2cccc(C=Cc3ccncc3)c2)c1. The largest absolute Gasteiger partial charge is 0.379 e. The van der Waals surface area contributed by atoms with Crippen molar-refractivity contribution in [1.82, 2.24) is 15.2 Å². The van der Waals surface area contributed by atoms with Crippen LogP contribution in [0.4, 0.5) is 11.4 Å². The number of nitrogens with zero attached hydrogens (tertiary/aromatic N) is 2. The number of hydrogen-bond acceptors (Lipinski definition) is 5. The van der Waals surface area contributed by atoms with Gasteiger partial charge in [0.1, 0.15) is 0 Å². The first-order chi connectivity index (χ1) is 16.3. The van der Waals surface area contributed by atoms with Gasteiger partial charge in [-0.05, 0) is 66.6 Å². The zero-order valence-corrected chi connectivity index (χ0v) is 18.7. The van der Waals surface area contributed by atoms with Gasteiger partial charge in [-0.15, -0.1) is 0 Å². The number of carbonyl (C=O) groups is 1. The van der Waals surface area contributed by atoms with Gasteiger partial charge in [0.25, 0.3) is 5.91 Å². The fraction of sp³-hybridized carbons (Fsp3) is 0.259. The van der Waals surface area contributed by atoms with Crippen LogP contribution < -0.4 is 10.6 Å². The van der Waals surface area contributed by atoms with E-state index in [1.54, 1.807) is 12.4 Å². The van der Waals surface area contributed by atoms with E-state index in [-0.39, 0.29) is 5.91 Å². The number of amides is 1. The van der Waals surface area contributed by atoms with E-state index in [1.807, 2.05) is 48.5 Å². The van der Waals surface area contributed by atoms with Crippen molar-refractivity contribution < 1.29 is 9.53 Å². The maximum atomic E-state index is 12.6. The van der Waals surface area contributed by atoms with Crippen molar-refractivity contribution in [3.8, 4) is 0 Å². The van der Waals surface area contributed by atoms with Crippen molar-refractivity contribution in [3.63, 3.8) is 0 Å². The molecule has 0 bridgehead atoms. The molecule has 1 amide bonds. The molecule has 170 valence electrons. The van der Waals surface area contributed by atoms with Gasteiger partial charge in [0.15, 0.2) is 0 Å². The van der Waals surface area contributed by atoms with Crippen LogP contribution in [0.5, 0.6) is 0 Å². The molecule has 0 spiro atoms. The molecule has 2 aromatic carbocycles. The normalized spacial score (nSPS) is 14.3.